The largest absolute Gasteiger partial charge is 0.481 e. The second-order valence-corrected chi connectivity index (χ2v) is 6.68. The van der Waals surface area contributed by atoms with Crippen LogP contribution in [-0.2, 0) is 9.53 Å². The Morgan fingerprint density at radius 3 is 2.48 bits per heavy atom. The molecule has 6 heteroatoms. The maximum Gasteiger partial charge on any atom is 0.408 e. The van der Waals surface area contributed by atoms with Gasteiger partial charge >= 0.3 is 12.1 Å². The zero-order valence-corrected chi connectivity index (χ0v) is 14.2. The third-order valence-corrected chi connectivity index (χ3v) is 3.29. The number of carbonyl (C=O) groups is 2. The summed E-state index contributed by atoms with van der Waals surface area (Å²) < 4.78 is 5.93. The van der Waals surface area contributed by atoms with Crippen molar-refractivity contribution in [2.75, 3.05) is 0 Å². The van der Waals surface area contributed by atoms with E-state index in [4.69, 9.17) is 9.84 Å². The summed E-state index contributed by atoms with van der Waals surface area (Å²) in [6.07, 6.45) is -0.859. The molecule has 0 saturated heterocycles. The van der Waals surface area contributed by atoms with Gasteiger partial charge in [0.25, 0.3) is 0 Å². The summed E-state index contributed by atoms with van der Waals surface area (Å²) >= 11 is 3.40. The molecule has 0 spiro atoms. The number of ether oxygens (including phenoxy) is 1. The van der Waals surface area contributed by atoms with Gasteiger partial charge in [-0.25, -0.2) is 4.79 Å². The molecule has 2 N–H and O–H groups in total. The molecule has 0 saturated carbocycles. The van der Waals surface area contributed by atoms with E-state index >= 15 is 0 Å². The van der Waals surface area contributed by atoms with Crippen LogP contribution >= 0.6 is 15.9 Å². The van der Waals surface area contributed by atoms with Crippen LogP contribution in [0, 0.1) is 6.92 Å². The molecule has 5 nitrogen and oxygen atoms in total. The lowest BCUT2D eigenvalue weighted by Crippen LogP contribution is -2.36. The van der Waals surface area contributed by atoms with Crippen LogP contribution in [0.4, 0.5) is 4.79 Å². The average molecular weight is 358 g/mol. The number of carboxylic acid groups (broad SMARTS) is 1. The highest BCUT2D eigenvalue weighted by molar-refractivity contribution is 9.10. The maximum atomic E-state index is 11.9. The molecule has 1 rings (SSSR count). The molecule has 1 aromatic carbocycles. The quantitative estimate of drug-likeness (QED) is 0.859. The Morgan fingerprint density at radius 2 is 2.00 bits per heavy atom. The van der Waals surface area contributed by atoms with Crippen molar-refractivity contribution in [1.29, 1.82) is 0 Å². The average Bonchev–Trinajstić information content (AvgIpc) is 2.24. The molecule has 1 unspecified atom stereocenters. The zero-order chi connectivity index (χ0) is 16.2. The van der Waals surface area contributed by atoms with Crippen LogP contribution in [0.25, 0.3) is 0 Å². The Labute approximate surface area is 132 Å². The Hall–Kier alpha value is -1.56. The summed E-state index contributed by atoms with van der Waals surface area (Å²) in [6.45, 7) is 7.18. The molecule has 0 aliphatic heterocycles. The molecule has 0 fully saturated rings. The molecule has 0 heterocycles. The van der Waals surface area contributed by atoms with Crippen molar-refractivity contribution >= 4 is 28.0 Å². The molecule has 0 aliphatic carbocycles. The number of carboxylic acids is 1. The van der Waals surface area contributed by atoms with Gasteiger partial charge in [-0.1, -0.05) is 28.1 Å². The van der Waals surface area contributed by atoms with E-state index in [-0.39, 0.29) is 6.42 Å². The second-order valence-electron chi connectivity index (χ2n) is 5.82. The first-order chi connectivity index (χ1) is 9.58. The highest BCUT2D eigenvalue weighted by atomic mass is 79.9. The summed E-state index contributed by atoms with van der Waals surface area (Å²) in [6, 6.07) is 4.88. The number of nitrogens with one attached hydrogen (secondary N) is 1. The highest BCUT2D eigenvalue weighted by Gasteiger charge is 2.23. The number of aliphatic carboxylic acids is 1. The molecule has 0 radical (unpaired) electrons. The van der Waals surface area contributed by atoms with Gasteiger partial charge in [0.2, 0.25) is 0 Å². The van der Waals surface area contributed by atoms with Gasteiger partial charge in [0.05, 0.1) is 12.5 Å². The predicted molar refractivity (Wildman–Crippen MR) is 83.2 cm³/mol. The molecule has 0 aliphatic rings. The van der Waals surface area contributed by atoms with E-state index in [2.05, 4.69) is 21.2 Å². The number of carbonyl (C=O) groups excluding carboxylic acids is 1. The monoisotopic (exact) mass is 357 g/mol. The molecule has 21 heavy (non-hydrogen) atoms. The number of hydrogen-bond donors (Lipinski definition) is 2. The fraction of sp³-hybridized carbons (Fsp3) is 0.467. The van der Waals surface area contributed by atoms with Crippen molar-refractivity contribution in [2.45, 2.75) is 45.8 Å². The van der Waals surface area contributed by atoms with Gasteiger partial charge in [0.1, 0.15) is 5.60 Å². The van der Waals surface area contributed by atoms with Gasteiger partial charge in [0, 0.05) is 4.47 Å². The van der Waals surface area contributed by atoms with Gasteiger partial charge < -0.3 is 15.2 Å². The van der Waals surface area contributed by atoms with E-state index in [1.165, 1.54) is 0 Å². The van der Waals surface area contributed by atoms with Gasteiger partial charge in [0.15, 0.2) is 0 Å². The molecule has 0 bridgehead atoms. The summed E-state index contributed by atoms with van der Waals surface area (Å²) in [7, 11) is 0. The fourth-order valence-corrected chi connectivity index (χ4v) is 2.55. The van der Waals surface area contributed by atoms with Crippen molar-refractivity contribution < 1.29 is 19.4 Å². The Bertz CT molecular complexity index is 537. The first kappa shape index (κ1) is 17.5. The van der Waals surface area contributed by atoms with Gasteiger partial charge in [-0.3, -0.25) is 4.79 Å². The minimum atomic E-state index is -0.997. The minimum absolute atomic E-state index is 0.221. The number of hydrogen-bond acceptors (Lipinski definition) is 3. The summed E-state index contributed by atoms with van der Waals surface area (Å²) in [5.41, 5.74) is 1.10. The van der Waals surface area contributed by atoms with E-state index in [1.807, 2.05) is 19.1 Å². The predicted octanol–water partition coefficient (Wildman–Crippen LogP) is 3.80. The Kier molecular flexibility index (Phi) is 5.78. The van der Waals surface area contributed by atoms with Crippen LogP contribution in [0.3, 0.4) is 0 Å². The van der Waals surface area contributed by atoms with Crippen molar-refractivity contribution in [3.63, 3.8) is 0 Å². The normalized spacial score (nSPS) is 12.6. The van der Waals surface area contributed by atoms with Gasteiger partial charge in [-0.2, -0.15) is 0 Å². The lowest BCUT2D eigenvalue weighted by molar-refractivity contribution is -0.137. The maximum absolute atomic E-state index is 11.9. The SMILES string of the molecule is Cc1ccc(C(CC(=O)O)NC(=O)OC(C)(C)C)c(Br)c1. The fourth-order valence-electron chi connectivity index (χ4n) is 1.78. The van der Waals surface area contributed by atoms with Crippen LogP contribution < -0.4 is 5.32 Å². The lowest BCUT2D eigenvalue weighted by Gasteiger charge is -2.23. The van der Waals surface area contributed by atoms with Crippen LogP contribution in [0.2, 0.25) is 0 Å². The molecule has 1 aromatic rings. The van der Waals surface area contributed by atoms with Crippen LogP contribution in [-0.4, -0.2) is 22.8 Å². The van der Waals surface area contributed by atoms with E-state index in [0.717, 1.165) is 10.0 Å². The lowest BCUT2D eigenvalue weighted by atomic mass is 10.0. The van der Waals surface area contributed by atoms with Crippen LogP contribution in [0.1, 0.15) is 44.4 Å². The Morgan fingerprint density at radius 1 is 1.38 bits per heavy atom. The standard InChI is InChI=1S/C15H20BrNO4/c1-9-5-6-10(11(16)7-9)12(8-13(18)19)17-14(20)21-15(2,3)4/h5-7,12H,8H2,1-4H3,(H,17,20)(H,18,19). The molecule has 1 amide bonds. The van der Waals surface area contributed by atoms with Crippen LogP contribution in [0.15, 0.2) is 22.7 Å². The van der Waals surface area contributed by atoms with Crippen molar-refractivity contribution in [3.8, 4) is 0 Å². The number of halogens is 1. The van der Waals surface area contributed by atoms with E-state index < -0.39 is 23.7 Å². The number of amides is 1. The van der Waals surface area contributed by atoms with Gasteiger partial charge in [-0.15, -0.1) is 0 Å². The first-order valence-corrected chi connectivity index (χ1v) is 7.35. The smallest absolute Gasteiger partial charge is 0.408 e. The molecule has 1 atom stereocenters. The van der Waals surface area contributed by atoms with E-state index in [9.17, 15) is 9.59 Å². The Balaban J connectivity index is 2.95. The number of rotatable bonds is 4. The second kappa shape index (κ2) is 6.93. The van der Waals surface area contributed by atoms with E-state index in [1.54, 1.807) is 26.8 Å². The van der Waals surface area contributed by atoms with Crippen molar-refractivity contribution in [1.82, 2.24) is 5.32 Å². The summed E-state index contributed by atoms with van der Waals surface area (Å²) in [4.78, 5) is 22.9. The van der Waals surface area contributed by atoms with Crippen molar-refractivity contribution in [2.24, 2.45) is 0 Å². The van der Waals surface area contributed by atoms with Gasteiger partial charge in [-0.05, 0) is 44.9 Å². The zero-order valence-electron chi connectivity index (χ0n) is 12.6. The number of alkyl carbamates (subject to hydrolysis) is 1. The molecule has 116 valence electrons. The topological polar surface area (TPSA) is 75.6 Å². The summed E-state index contributed by atoms with van der Waals surface area (Å²) in [5.74, 6) is -0.997. The number of aryl methyl sites for hydroxylation is 1. The molecular weight excluding hydrogens is 338 g/mol. The third-order valence-electron chi connectivity index (χ3n) is 2.60. The molecular formula is C15H20BrNO4. The molecule has 0 aromatic heterocycles. The van der Waals surface area contributed by atoms with Crippen LogP contribution in [0.5, 0.6) is 0 Å². The third kappa shape index (κ3) is 6.16. The minimum Gasteiger partial charge on any atom is -0.481 e. The number of benzene rings is 1. The van der Waals surface area contributed by atoms with E-state index in [0.29, 0.717) is 5.56 Å². The first-order valence-electron chi connectivity index (χ1n) is 6.56. The van der Waals surface area contributed by atoms with Crippen molar-refractivity contribution in [3.05, 3.63) is 33.8 Å². The summed E-state index contributed by atoms with van der Waals surface area (Å²) in [5, 5.41) is 11.6. The highest BCUT2D eigenvalue weighted by Crippen LogP contribution is 2.27.